The van der Waals surface area contributed by atoms with Crippen LogP contribution in [0.25, 0.3) is 27.5 Å². The normalized spacial score (nSPS) is 12.4. The lowest BCUT2D eigenvalue weighted by Gasteiger charge is -2.21. The molecule has 0 spiro atoms. The molecule has 0 atom stereocenters. The number of guanidine groups is 1. The van der Waals surface area contributed by atoms with E-state index < -0.39 is 5.82 Å². The third kappa shape index (κ3) is 3.11. The van der Waals surface area contributed by atoms with Crippen LogP contribution < -0.4 is 16.1 Å². The van der Waals surface area contributed by atoms with Crippen molar-refractivity contribution in [1.82, 2.24) is 25.2 Å². The summed E-state index contributed by atoms with van der Waals surface area (Å²) in [5, 5.41) is 15.9. The van der Waals surface area contributed by atoms with Crippen LogP contribution in [0.1, 0.15) is 6.92 Å². The minimum Gasteiger partial charge on any atom is -0.382 e. The van der Waals surface area contributed by atoms with Gasteiger partial charge < -0.3 is 16.1 Å². The zero-order chi connectivity index (χ0) is 21.4. The third-order valence-corrected chi connectivity index (χ3v) is 4.98. The lowest BCUT2D eigenvalue weighted by atomic mass is 10.0. The molecular formula is C19H19ClFN9. The van der Waals surface area contributed by atoms with E-state index in [-0.39, 0.29) is 16.7 Å². The molecule has 0 bridgehead atoms. The van der Waals surface area contributed by atoms with Crippen LogP contribution in [0, 0.1) is 5.82 Å². The van der Waals surface area contributed by atoms with Crippen LogP contribution in [0.15, 0.2) is 40.7 Å². The topological polar surface area (TPSA) is 112 Å². The summed E-state index contributed by atoms with van der Waals surface area (Å²) in [7, 11) is 3.29. The first kappa shape index (κ1) is 19.6. The Balaban J connectivity index is 1.96. The van der Waals surface area contributed by atoms with E-state index in [1.807, 2.05) is 6.07 Å². The summed E-state index contributed by atoms with van der Waals surface area (Å²) in [5.74, 6) is 0.0337. The number of hydrazone groups is 1. The second-order valence-corrected chi connectivity index (χ2v) is 6.82. The number of H-pyrrole nitrogens is 1. The number of aliphatic imine (C=N–C) groups is 1. The Morgan fingerprint density at radius 2 is 2.23 bits per heavy atom. The van der Waals surface area contributed by atoms with Crippen molar-refractivity contribution in [1.29, 1.82) is 0 Å². The first-order valence-electron chi connectivity index (χ1n) is 9.02. The molecule has 0 saturated heterocycles. The smallest absolute Gasteiger partial charge is 0.246 e. The third-order valence-electron chi connectivity index (χ3n) is 4.63. The number of aromatic amines is 1. The van der Waals surface area contributed by atoms with Gasteiger partial charge in [-0.2, -0.15) is 10.2 Å². The molecule has 0 aliphatic heterocycles. The molecular weight excluding hydrogens is 409 g/mol. The molecule has 3 heterocycles. The standard InChI is InChI=1S/C19H19ClFN9/c1-4-24-19(27-23-2)29(3)18-16(21)15(20)14(12-9-25-26-17(12)18)10-5-6-30-11(7-10)8-13(22)28-30/h4-9,23H,1-3H3,(H2,22,28)(H,25,26)/b24-4-,27-19+. The molecule has 1 aromatic carbocycles. The predicted octanol–water partition coefficient (Wildman–Crippen LogP) is 3.27. The molecule has 154 valence electrons. The van der Waals surface area contributed by atoms with E-state index in [2.05, 4.69) is 30.8 Å². The van der Waals surface area contributed by atoms with Crippen LogP contribution in [0.4, 0.5) is 15.9 Å². The van der Waals surface area contributed by atoms with Crippen molar-refractivity contribution < 1.29 is 4.39 Å². The van der Waals surface area contributed by atoms with Crippen molar-refractivity contribution in [2.24, 2.45) is 10.1 Å². The summed E-state index contributed by atoms with van der Waals surface area (Å²) in [5.41, 5.74) is 11.1. The maximum Gasteiger partial charge on any atom is 0.246 e. The van der Waals surface area contributed by atoms with Crippen LogP contribution in [0.2, 0.25) is 5.02 Å². The van der Waals surface area contributed by atoms with E-state index in [0.717, 1.165) is 5.52 Å². The van der Waals surface area contributed by atoms with Crippen LogP contribution in [0.5, 0.6) is 0 Å². The number of nitrogen functional groups attached to an aromatic ring is 1. The fourth-order valence-corrected chi connectivity index (χ4v) is 3.67. The van der Waals surface area contributed by atoms with Gasteiger partial charge in [-0.1, -0.05) is 11.6 Å². The first-order valence-corrected chi connectivity index (χ1v) is 9.40. The molecule has 11 heteroatoms. The number of aromatic nitrogens is 4. The SMILES string of the molecule is C/C=N\C(=N/NC)N(C)c1c(F)c(Cl)c(-c2ccn3nc(N)cc3c2)c2cn[nH]c12. The van der Waals surface area contributed by atoms with Crippen LogP contribution in [0.3, 0.4) is 0 Å². The Morgan fingerprint density at radius 1 is 1.43 bits per heavy atom. The minimum atomic E-state index is -0.617. The van der Waals surface area contributed by atoms with Crippen molar-refractivity contribution >= 4 is 51.7 Å². The summed E-state index contributed by atoms with van der Waals surface area (Å²) in [6.45, 7) is 1.75. The number of nitrogens with two attached hydrogens (primary N) is 1. The molecule has 0 unspecified atom stereocenters. The minimum absolute atomic E-state index is 0.0353. The van der Waals surface area contributed by atoms with Crippen molar-refractivity contribution in [2.75, 3.05) is 24.7 Å². The Kier molecular flexibility index (Phi) is 5.00. The highest BCUT2D eigenvalue weighted by Gasteiger charge is 2.25. The van der Waals surface area contributed by atoms with Crippen LogP contribution in [-0.2, 0) is 0 Å². The largest absolute Gasteiger partial charge is 0.382 e. The number of fused-ring (bicyclic) bond motifs is 2. The highest BCUT2D eigenvalue weighted by atomic mass is 35.5. The molecule has 4 aromatic rings. The van der Waals surface area contributed by atoms with E-state index in [9.17, 15) is 0 Å². The molecule has 0 saturated carbocycles. The van der Waals surface area contributed by atoms with Gasteiger partial charge in [0.25, 0.3) is 0 Å². The predicted molar refractivity (Wildman–Crippen MR) is 119 cm³/mol. The zero-order valence-electron chi connectivity index (χ0n) is 16.5. The van der Waals surface area contributed by atoms with E-state index >= 15 is 4.39 Å². The van der Waals surface area contributed by atoms with Crippen molar-refractivity contribution in [3.8, 4) is 11.1 Å². The number of benzene rings is 1. The zero-order valence-corrected chi connectivity index (χ0v) is 17.2. The van der Waals surface area contributed by atoms with Gasteiger partial charge in [0.1, 0.15) is 11.5 Å². The summed E-state index contributed by atoms with van der Waals surface area (Å²) in [6, 6.07) is 5.37. The van der Waals surface area contributed by atoms with Crippen molar-refractivity contribution in [3.63, 3.8) is 0 Å². The molecule has 0 amide bonds. The molecule has 30 heavy (non-hydrogen) atoms. The van der Waals surface area contributed by atoms with Gasteiger partial charge in [-0.15, -0.1) is 5.10 Å². The average Bonchev–Trinajstić information content (AvgIpc) is 3.33. The average molecular weight is 428 g/mol. The van der Waals surface area contributed by atoms with Crippen LogP contribution >= 0.6 is 11.6 Å². The van der Waals surface area contributed by atoms with Gasteiger partial charge in [-0.25, -0.2) is 13.9 Å². The molecule has 4 rings (SSSR count). The molecule has 4 N–H and O–H groups in total. The lowest BCUT2D eigenvalue weighted by molar-refractivity contribution is 0.630. The lowest BCUT2D eigenvalue weighted by Crippen LogP contribution is -2.28. The number of anilines is 2. The number of hydrogen-bond acceptors (Lipinski definition) is 5. The number of hydrogen-bond donors (Lipinski definition) is 3. The Bertz CT molecular complexity index is 1300. The Labute approximate surface area is 176 Å². The number of rotatable bonds is 3. The van der Waals surface area contributed by atoms with E-state index in [0.29, 0.717) is 27.8 Å². The molecule has 9 nitrogen and oxygen atoms in total. The monoisotopic (exact) mass is 427 g/mol. The highest BCUT2D eigenvalue weighted by molar-refractivity contribution is 6.36. The van der Waals surface area contributed by atoms with Crippen molar-refractivity contribution in [2.45, 2.75) is 6.92 Å². The number of nitrogens with zero attached hydrogens (tertiary/aromatic N) is 6. The molecule has 0 fully saturated rings. The maximum absolute atomic E-state index is 15.6. The number of pyridine rings is 1. The summed E-state index contributed by atoms with van der Waals surface area (Å²) < 4.78 is 17.2. The van der Waals surface area contributed by atoms with Gasteiger partial charge in [0.2, 0.25) is 5.96 Å². The highest BCUT2D eigenvalue weighted by Crippen LogP contribution is 2.42. The fourth-order valence-electron chi connectivity index (χ4n) is 3.37. The van der Waals surface area contributed by atoms with E-state index in [1.165, 1.54) is 4.90 Å². The van der Waals surface area contributed by atoms with Gasteiger partial charge in [0, 0.05) is 43.5 Å². The number of halogens is 2. The van der Waals surface area contributed by atoms with E-state index in [4.69, 9.17) is 17.3 Å². The van der Waals surface area contributed by atoms with Gasteiger partial charge in [-0.3, -0.25) is 5.10 Å². The number of nitrogens with one attached hydrogen (secondary N) is 2. The van der Waals surface area contributed by atoms with Gasteiger partial charge in [0.15, 0.2) is 5.82 Å². The second-order valence-electron chi connectivity index (χ2n) is 6.45. The van der Waals surface area contributed by atoms with Gasteiger partial charge in [0.05, 0.1) is 22.3 Å². The van der Waals surface area contributed by atoms with Crippen LogP contribution in [-0.4, -0.2) is 46.1 Å². The van der Waals surface area contributed by atoms with Crippen molar-refractivity contribution in [3.05, 3.63) is 41.4 Å². The molecule has 3 aromatic heterocycles. The van der Waals surface area contributed by atoms with E-state index in [1.54, 1.807) is 56.3 Å². The maximum atomic E-state index is 15.6. The summed E-state index contributed by atoms with van der Waals surface area (Å²) in [6.07, 6.45) is 4.92. The van der Waals surface area contributed by atoms with Gasteiger partial charge in [-0.05, 0) is 24.6 Å². The quantitative estimate of drug-likeness (QED) is 0.264. The Hall–Kier alpha value is -3.66. The molecule has 0 aliphatic carbocycles. The molecule has 0 radical (unpaired) electrons. The summed E-state index contributed by atoms with van der Waals surface area (Å²) in [4.78, 5) is 5.69. The summed E-state index contributed by atoms with van der Waals surface area (Å²) >= 11 is 6.54. The molecule has 0 aliphatic rings. The first-order chi connectivity index (χ1) is 14.5. The second kappa shape index (κ2) is 7.64. The Morgan fingerprint density at radius 3 is 2.97 bits per heavy atom. The van der Waals surface area contributed by atoms with Gasteiger partial charge >= 0.3 is 0 Å². The fraction of sp³-hybridized carbons (Fsp3) is 0.158.